The fourth-order valence-corrected chi connectivity index (χ4v) is 4.55. The van der Waals surface area contributed by atoms with Gasteiger partial charge in [0.05, 0.1) is 20.0 Å². The Bertz CT molecular complexity index is 1320. The van der Waals surface area contributed by atoms with E-state index in [1.165, 1.54) is 35.9 Å². The van der Waals surface area contributed by atoms with Crippen LogP contribution in [0.1, 0.15) is 10.4 Å². The highest BCUT2D eigenvalue weighted by Gasteiger charge is 2.20. The highest BCUT2D eigenvalue weighted by molar-refractivity contribution is 7.99. The second-order valence-electron chi connectivity index (χ2n) is 6.09. The number of hydrogen-bond acceptors (Lipinski definition) is 7. The molecule has 0 aliphatic rings. The van der Waals surface area contributed by atoms with Gasteiger partial charge in [0.25, 0.3) is 11.6 Å². The molecule has 4 rings (SSSR count). The van der Waals surface area contributed by atoms with Crippen molar-refractivity contribution < 1.29 is 9.72 Å². The summed E-state index contributed by atoms with van der Waals surface area (Å²) in [6.07, 6.45) is 1.51. The third-order valence-corrected chi connectivity index (χ3v) is 6.42. The molecule has 2 aromatic heterocycles. The summed E-state index contributed by atoms with van der Waals surface area (Å²) in [5, 5.41) is 19.7. The molecule has 0 atom stereocenters. The van der Waals surface area contributed by atoms with Gasteiger partial charge in [-0.1, -0.05) is 23.5 Å². The van der Waals surface area contributed by atoms with E-state index in [9.17, 15) is 14.9 Å². The van der Waals surface area contributed by atoms with Gasteiger partial charge < -0.3 is 9.13 Å². The number of para-hydroxylation sites is 1. The second-order valence-corrected chi connectivity index (χ2v) is 8.11. The maximum atomic E-state index is 12.7. The molecule has 29 heavy (non-hydrogen) atoms. The zero-order valence-electron chi connectivity index (χ0n) is 15.3. The largest absolute Gasteiger partial charge is 0.319 e. The smallest absolute Gasteiger partial charge is 0.284 e. The molecule has 4 aromatic rings. The lowest BCUT2D eigenvalue weighted by atomic mass is 10.2. The van der Waals surface area contributed by atoms with Crippen LogP contribution in [0.2, 0.25) is 0 Å². The third-order valence-electron chi connectivity index (χ3n) is 4.19. The number of amides is 1. The number of thiazole rings is 1. The third kappa shape index (κ3) is 3.69. The number of carbonyl (C=O) groups is 1. The molecule has 0 N–H and O–H groups in total. The molecule has 2 aromatic carbocycles. The molecule has 0 bridgehead atoms. The minimum Gasteiger partial charge on any atom is -0.319 e. The number of nitro benzene ring substituents is 1. The van der Waals surface area contributed by atoms with Gasteiger partial charge in [-0.25, -0.2) is 0 Å². The number of aromatic nitrogens is 4. The number of aryl methyl sites for hydroxylation is 2. The van der Waals surface area contributed by atoms with Gasteiger partial charge in [0.1, 0.15) is 6.33 Å². The highest BCUT2D eigenvalue weighted by Crippen LogP contribution is 2.34. The predicted octanol–water partition coefficient (Wildman–Crippen LogP) is 3.17. The summed E-state index contributed by atoms with van der Waals surface area (Å²) in [5.41, 5.74) is 0.932. The summed E-state index contributed by atoms with van der Waals surface area (Å²) in [6.45, 7) is 0. The Balaban J connectivity index is 1.72. The van der Waals surface area contributed by atoms with Gasteiger partial charge in [-0.05, 0) is 36.0 Å². The Kier molecular flexibility index (Phi) is 4.99. The van der Waals surface area contributed by atoms with Crippen LogP contribution in [0.15, 0.2) is 63.8 Å². The van der Waals surface area contributed by atoms with E-state index in [2.05, 4.69) is 15.2 Å². The number of nitrogens with zero attached hydrogens (tertiary/aromatic N) is 6. The Morgan fingerprint density at radius 3 is 2.72 bits per heavy atom. The molecule has 0 fully saturated rings. The Morgan fingerprint density at radius 1 is 1.24 bits per heavy atom. The molecule has 0 aliphatic carbocycles. The van der Waals surface area contributed by atoms with E-state index in [1.54, 1.807) is 11.6 Å². The summed E-state index contributed by atoms with van der Waals surface area (Å²) >= 11 is 2.49. The van der Waals surface area contributed by atoms with E-state index in [-0.39, 0.29) is 11.3 Å². The predicted molar refractivity (Wildman–Crippen MR) is 109 cm³/mol. The number of hydrogen-bond donors (Lipinski definition) is 0. The van der Waals surface area contributed by atoms with Gasteiger partial charge in [0.15, 0.2) is 9.96 Å². The van der Waals surface area contributed by atoms with Crippen LogP contribution in [0.5, 0.6) is 0 Å². The lowest BCUT2D eigenvalue weighted by Crippen LogP contribution is -2.13. The first-order valence-electron chi connectivity index (χ1n) is 8.38. The minimum absolute atomic E-state index is 0.150. The average molecular weight is 426 g/mol. The molecule has 0 unspecified atom stereocenters. The standard InChI is InChI=1S/C18H14N6O3S2/c1-22-10-19-21-18(22)29-15-8-7-11(9-13(15)24(26)27)16(25)20-17-23(2)12-5-3-4-6-14(12)28-17/h3-10H,1-2H3. The second kappa shape index (κ2) is 7.60. The number of nitro groups is 1. The van der Waals surface area contributed by atoms with Crippen molar-refractivity contribution in [3.63, 3.8) is 0 Å². The monoisotopic (exact) mass is 426 g/mol. The first-order chi connectivity index (χ1) is 13.9. The van der Waals surface area contributed by atoms with Crippen molar-refractivity contribution in [1.82, 2.24) is 19.3 Å². The molecule has 146 valence electrons. The minimum atomic E-state index is -0.537. The molecule has 0 radical (unpaired) electrons. The molecule has 9 nitrogen and oxygen atoms in total. The topological polar surface area (TPSA) is 108 Å². The maximum absolute atomic E-state index is 12.7. The number of carbonyl (C=O) groups excluding carboxylic acids is 1. The molecule has 0 saturated carbocycles. The van der Waals surface area contributed by atoms with E-state index in [4.69, 9.17) is 0 Å². The van der Waals surface area contributed by atoms with Crippen LogP contribution in [-0.2, 0) is 14.1 Å². The van der Waals surface area contributed by atoms with Gasteiger partial charge in [0, 0.05) is 25.7 Å². The van der Waals surface area contributed by atoms with Crippen molar-refractivity contribution in [1.29, 1.82) is 0 Å². The fourth-order valence-electron chi connectivity index (χ4n) is 2.68. The van der Waals surface area contributed by atoms with E-state index in [0.717, 1.165) is 22.0 Å². The average Bonchev–Trinajstić information content (AvgIpc) is 3.25. The van der Waals surface area contributed by atoms with Gasteiger partial charge in [-0.2, -0.15) is 4.99 Å². The van der Waals surface area contributed by atoms with Crippen LogP contribution in [0.3, 0.4) is 0 Å². The van der Waals surface area contributed by atoms with Crippen molar-refractivity contribution >= 4 is 44.9 Å². The maximum Gasteiger partial charge on any atom is 0.284 e. The zero-order valence-corrected chi connectivity index (χ0v) is 17.0. The van der Waals surface area contributed by atoms with E-state index >= 15 is 0 Å². The lowest BCUT2D eigenvalue weighted by Gasteiger charge is -2.03. The zero-order chi connectivity index (χ0) is 20.5. The Morgan fingerprint density at radius 2 is 2.03 bits per heavy atom. The Labute approximate surface area is 172 Å². The van der Waals surface area contributed by atoms with Crippen molar-refractivity contribution in [2.75, 3.05) is 0 Å². The van der Waals surface area contributed by atoms with Gasteiger partial charge >= 0.3 is 0 Å². The SMILES string of the molecule is Cn1cnnc1Sc1ccc(C(=O)N=c2sc3ccccc3n2C)cc1[N+](=O)[O-]. The molecule has 2 heterocycles. The van der Waals surface area contributed by atoms with Crippen molar-refractivity contribution in [2.45, 2.75) is 10.1 Å². The molecular weight excluding hydrogens is 412 g/mol. The normalized spacial score (nSPS) is 11.9. The highest BCUT2D eigenvalue weighted by atomic mass is 32.2. The number of fused-ring (bicyclic) bond motifs is 1. The van der Waals surface area contributed by atoms with E-state index in [0.29, 0.717) is 14.9 Å². The lowest BCUT2D eigenvalue weighted by molar-refractivity contribution is -0.387. The molecule has 1 amide bonds. The first kappa shape index (κ1) is 19.0. The van der Waals surface area contributed by atoms with Crippen molar-refractivity contribution in [3.8, 4) is 0 Å². The summed E-state index contributed by atoms with van der Waals surface area (Å²) < 4.78 is 4.48. The molecule has 11 heteroatoms. The van der Waals surface area contributed by atoms with Crippen LogP contribution >= 0.6 is 23.1 Å². The van der Waals surface area contributed by atoms with Crippen LogP contribution < -0.4 is 4.80 Å². The van der Waals surface area contributed by atoms with Gasteiger partial charge in [-0.3, -0.25) is 14.9 Å². The van der Waals surface area contributed by atoms with Gasteiger partial charge in [-0.15, -0.1) is 10.2 Å². The van der Waals surface area contributed by atoms with Crippen LogP contribution in [0.25, 0.3) is 10.2 Å². The molecular formula is C18H14N6O3S2. The fraction of sp³-hybridized carbons (Fsp3) is 0.111. The summed E-state index contributed by atoms with van der Waals surface area (Å²) in [7, 11) is 3.57. The summed E-state index contributed by atoms with van der Waals surface area (Å²) in [6, 6.07) is 12.0. The number of rotatable bonds is 4. The molecule has 0 aliphatic heterocycles. The van der Waals surface area contributed by atoms with E-state index < -0.39 is 10.8 Å². The number of benzene rings is 2. The Hall–Kier alpha value is -3.31. The molecule has 0 saturated heterocycles. The van der Waals surface area contributed by atoms with E-state index in [1.807, 2.05) is 35.9 Å². The quantitative estimate of drug-likeness (QED) is 0.366. The van der Waals surface area contributed by atoms with Crippen molar-refractivity contribution in [3.05, 3.63) is 69.3 Å². The van der Waals surface area contributed by atoms with Gasteiger partial charge in [0.2, 0.25) is 0 Å². The summed E-state index contributed by atoms with van der Waals surface area (Å²) in [4.78, 5) is 28.8. The van der Waals surface area contributed by atoms with Crippen molar-refractivity contribution in [2.24, 2.45) is 19.1 Å². The van der Waals surface area contributed by atoms with Crippen LogP contribution in [0, 0.1) is 10.1 Å². The molecule has 0 spiro atoms. The first-order valence-corrected chi connectivity index (χ1v) is 10.0. The van der Waals surface area contributed by atoms with Crippen LogP contribution in [0.4, 0.5) is 5.69 Å². The summed E-state index contributed by atoms with van der Waals surface area (Å²) in [5.74, 6) is -0.537. The van der Waals surface area contributed by atoms with Crippen LogP contribution in [-0.4, -0.2) is 30.2 Å².